The Balaban J connectivity index is 1.93. The van der Waals surface area contributed by atoms with Gasteiger partial charge >= 0.3 is 0 Å². The number of fused-ring (bicyclic) bond motifs is 2. The average Bonchev–Trinajstić information content (AvgIpc) is 2.36. The van der Waals surface area contributed by atoms with Crippen molar-refractivity contribution < 1.29 is 5.11 Å². The van der Waals surface area contributed by atoms with E-state index in [1.807, 2.05) is 0 Å². The Labute approximate surface area is 97.5 Å². The van der Waals surface area contributed by atoms with Crippen LogP contribution in [0, 0.1) is 5.92 Å². The van der Waals surface area contributed by atoms with E-state index < -0.39 is 0 Å². The zero-order chi connectivity index (χ0) is 11.0. The van der Waals surface area contributed by atoms with Crippen LogP contribution in [0.4, 0.5) is 0 Å². The summed E-state index contributed by atoms with van der Waals surface area (Å²) in [5.74, 6) is 0.558. The Morgan fingerprint density at radius 1 is 1.06 bits per heavy atom. The molecule has 0 amide bonds. The van der Waals surface area contributed by atoms with Gasteiger partial charge in [-0.3, -0.25) is 0 Å². The lowest BCUT2D eigenvalue weighted by Gasteiger charge is -2.47. The molecule has 2 aliphatic carbocycles. The third-order valence-corrected chi connectivity index (χ3v) is 4.73. The normalized spacial score (nSPS) is 38.3. The Hall–Kier alpha value is -0.820. The van der Waals surface area contributed by atoms with Crippen molar-refractivity contribution >= 4 is 0 Å². The SMILES string of the molecule is O[C@@H]1CC[C@@]2(c3ccccc3)CCC[C@H]1C2. The standard InChI is InChI=1S/C15H20O/c16-14-8-10-15(9-4-5-12(14)11-15)13-6-2-1-3-7-13/h1-3,6-7,12,14,16H,4-5,8-11H2/t12-,14+,15-/m0/s1. The molecule has 0 saturated heterocycles. The second kappa shape index (κ2) is 3.89. The highest BCUT2D eigenvalue weighted by Crippen LogP contribution is 2.50. The van der Waals surface area contributed by atoms with Gasteiger partial charge in [0.1, 0.15) is 0 Å². The van der Waals surface area contributed by atoms with E-state index >= 15 is 0 Å². The van der Waals surface area contributed by atoms with Gasteiger partial charge < -0.3 is 5.11 Å². The van der Waals surface area contributed by atoms with Crippen molar-refractivity contribution in [1.82, 2.24) is 0 Å². The lowest BCUT2D eigenvalue weighted by atomic mass is 9.58. The van der Waals surface area contributed by atoms with Gasteiger partial charge in [-0.15, -0.1) is 0 Å². The summed E-state index contributed by atoms with van der Waals surface area (Å²) in [6, 6.07) is 11.0. The molecule has 2 bridgehead atoms. The summed E-state index contributed by atoms with van der Waals surface area (Å²) in [6.07, 6.45) is 7.19. The quantitative estimate of drug-likeness (QED) is 0.764. The van der Waals surface area contributed by atoms with Gasteiger partial charge in [0.2, 0.25) is 0 Å². The van der Waals surface area contributed by atoms with Crippen molar-refractivity contribution in [3.63, 3.8) is 0 Å². The summed E-state index contributed by atoms with van der Waals surface area (Å²) in [7, 11) is 0. The summed E-state index contributed by atoms with van der Waals surface area (Å²) in [4.78, 5) is 0. The van der Waals surface area contributed by atoms with Crippen molar-refractivity contribution in [3.05, 3.63) is 35.9 Å². The van der Waals surface area contributed by atoms with Crippen molar-refractivity contribution in [2.45, 2.75) is 50.0 Å². The van der Waals surface area contributed by atoms with E-state index in [1.54, 1.807) is 0 Å². The van der Waals surface area contributed by atoms with Crippen molar-refractivity contribution in [1.29, 1.82) is 0 Å². The van der Waals surface area contributed by atoms with Gasteiger partial charge in [-0.2, -0.15) is 0 Å². The largest absolute Gasteiger partial charge is 0.393 e. The first-order valence-corrected chi connectivity index (χ1v) is 6.54. The second-order valence-electron chi connectivity index (χ2n) is 5.61. The number of rotatable bonds is 1. The molecule has 1 N–H and O–H groups in total. The Bertz CT molecular complexity index is 359. The fourth-order valence-electron chi connectivity index (χ4n) is 3.82. The van der Waals surface area contributed by atoms with Crippen LogP contribution in [0.25, 0.3) is 0 Å². The maximum Gasteiger partial charge on any atom is 0.0569 e. The number of hydrogen-bond acceptors (Lipinski definition) is 1. The Morgan fingerprint density at radius 2 is 1.88 bits per heavy atom. The second-order valence-corrected chi connectivity index (χ2v) is 5.61. The van der Waals surface area contributed by atoms with Gasteiger partial charge in [0.25, 0.3) is 0 Å². The molecule has 1 aromatic rings. The minimum Gasteiger partial charge on any atom is -0.393 e. The molecule has 0 unspecified atom stereocenters. The first kappa shape index (κ1) is 10.3. The van der Waals surface area contributed by atoms with Gasteiger partial charge in [0.15, 0.2) is 0 Å². The summed E-state index contributed by atoms with van der Waals surface area (Å²) in [5.41, 5.74) is 1.90. The molecule has 0 heterocycles. The molecule has 2 fully saturated rings. The van der Waals surface area contributed by atoms with Crippen LogP contribution >= 0.6 is 0 Å². The van der Waals surface area contributed by atoms with Crippen LogP contribution in [0.1, 0.15) is 44.1 Å². The molecule has 86 valence electrons. The molecule has 0 spiro atoms. The number of hydrogen-bond donors (Lipinski definition) is 1. The third kappa shape index (κ3) is 1.58. The summed E-state index contributed by atoms with van der Waals surface area (Å²) >= 11 is 0. The Kier molecular flexibility index (Phi) is 2.51. The molecule has 3 rings (SSSR count). The molecule has 1 nitrogen and oxygen atoms in total. The third-order valence-electron chi connectivity index (χ3n) is 4.73. The summed E-state index contributed by atoms with van der Waals surface area (Å²) < 4.78 is 0. The molecule has 1 heteroatoms. The van der Waals surface area contributed by atoms with Crippen LogP contribution in [0.3, 0.4) is 0 Å². The van der Waals surface area contributed by atoms with E-state index in [9.17, 15) is 5.11 Å². The van der Waals surface area contributed by atoms with Crippen LogP contribution in [-0.4, -0.2) is 11.2 Å². The number of aliphatic hydroxyl groups excluding tert-OH is 1. The molecule has 0 radical (unpaired) electrons. The molecule has 16 heavy (non-hydrogen) atoms. The van der Waals surface area contributed by atoms with E-state index in [4.69, 9.17) is 0 Å². The van der Waals surface area contributed by atoms with Crippen LogP contribution in [-0.2, 0) is 5.41 Å². The zero-order valence-electron chi connectivity index (χ0n) is 9.73. The number of benzene rings is 1. The summed E-state index contributed by atoms with van der Waals surface area (Å²) in [5, 5.41) is 9.98. The molecule has 2 aliphatic rings. The summed E-state index contributed by atoms with van der Waals surface area (Å²) in [6.45, 7) is 0. The van der Waals surface area contributed by atoms with Crippen molar-refractivity contribution in [2.75, 3.05) is 0 Å². The van der Waals surface area contributed by atoms with Gasteiger partial charge in [-0.05, 0) is 49.0 Å². The highest BCUT2D eigenvalue weighted by Gasteiger charge is 2.43. The smallest absolute Gasteiger partial charge is 0.0569 e. The minimum absolute atomic E-state index is 0.0304. The molecular weight excluding hydrogens is 196 g/mol. The van der Waals surface area contributed by atoms with Crippen LogP contribution in [0.15, 0.2) is 30.3 Å². The van der Waals surface area contributed by atoms with Crippen LogP contribution in [0.2, 0.25) is 0 Å². The Morgan fingerprint density at radius 3 is 2.69 bits per heavy atom. The van der Waals surface area contributed by atoms with E-state index in [0.29, 0.717) is 11.3 Å². The topological polar surface area (TPSA) is 20.2 Å². The van der Waals surface area contributed by atoms with Crippen LogP contribution in [0.5, 0.6) is 0 Å². The molecule has 0 aromatic heterocycles. The molecular formula is C15H20O. The van der Waals surface area contributed by atoms with Crippen LogP contribution < -0.4 is 0 Å². The minimum atomic E-state index is -0.0304. The predicted octanol–water partition coefficient (Wildman–Crippen LogP) is 3.27. The molecule has 3 atom stereocenters. The van der Waals surface area contributed by atoms with E-state index in [2.05, 4.69) is 30.3 Å². The molecule has 1 aromatic carbocycles. The van der Waals surface area contributed by atoms with E-state index in [0.717, 1.165) is 6.42 Å². The maximum absolute atomic E-state index is 9.98. The highest BCUT2D eigenvalue weighted by molar-refractivity contribution is 5.27. The average molecular weight is 216 g/mol. The van der Waals surface area contributed by atoms with Crippen molar-refractivity contribution in [2.24, 2.45) is 5.92 Å². The first-order chi connectivity index (χ1) is 7.80. The van der Waals surface area contributed by atoms with Gasteiger partial charge in [-0.25, -0.2) is 0 Å². The highest BCUT2D eigenvalue weighted by atomic mass is 16.3. The van der Waals surface area contributed by atoms with Gasteiger partial charge in [0.05, 0.1) is 6.10 Å². The predicted molar refractivity (Wildman–Crippen MR) is 65.3 cm³/mol. The first-order valence-electron chi connectivity index (χ1n) is 6.54. The zero-order valence-corrected chi connectivity index (χ0v) is 9.73. The van der Waals surface area contributed by atoms with Crippen molar-refractivity contribution in [3.8, 4) is 0 Å². The monoisotopic (exact) mass is 216 g/mol. The fourth-order valence-corrected chi connectivity index (χ4v) is 3.82. The molecule has 2 saturated carbocycles. The van der Waals surface area contributed by atoms with E-state index in [-0.39, 0.29) is 6.10 Å². The van der Waals surface area contributed by atoms with E-state index in [1.165, 1.54) is 37.7 Å². The van der Waals surface area contributed by atoms with Gasteiger partial charge in [0, 0.05) is 0 Å². The van der Waals surface area contributed by atoms with Gasteiger partial charge in [-0.1, -0.05) is 36.8 Å². The lowest BCUT2D eigenvalue weighted by Crippen LogP contribution is -2.42. The fraction of sp³-hybridized carbons (Fsp3) is 0.600. The molecule has 0 aliphatic heterocycles. The number of aliphatic hydroxyl groups is 1. The maximum atomic E-state index is 9.98. The lowest BCUT2D eigenvalue weighted by molar-refractivity contribution is 0.00733.